The van der Waals surface area contributed by atoms with E-state index in [1.54, 1.807) is 0 Å². The molecule has 0 aromatic carbocycles. The van der Waals surface area contributed by atoms with Crippen molar-refractivity contribution in [2.24, 2.45) is 17.6 Å². The highest BCUT2D eigenvalue weighted by atomic mass is 15.1. The van der Waals surface area contributed by atoms with E-state index < -0.39 is 0 Å². The highest BCUT2D eigenvalue weighted by Gasteiger charge is 2.28. The van der Waals surface area contributed by atoms with E-state index in [-0.39, 0.29) is 0 Å². The summed E-state index contributed by atoms with van der Waals surface area (Å²) in [5, 5.41) is 0. The molecule has 0 spiro atoms. The van der Waals surface area contributed by atoms with Gasteiger partial charge in [-0.2, -0.15) is 0 Å². The van der Waals surface area contributed by atoms with Crippen LogP contribution >= 0.6 is 0 Å². The quantitative estimate of drug-likeness (QED) is 0.680. The fourth-order valence-electron chi connectivity index (χ4n) is 2.22. The van der Waals surface area contributed by atoms with Gasteiger partial charge in [0.15, 0.2) is 0 Å². The summed E-state index contributed by atoms with van der Waals surface area (Å²) in [6.07, 6.45) is 5.60. The van der Waals surface area contributed by atoms with Gasteiger partial charge in [-0.05, 0) is 50.6 Å². The lowest BCUT2D eigenvalue weighted by atomic mass is 10.1. The van der Waals surface area contributed by atoms with Crippen LogP contribution in [0.1, 0.15) is 25.7 Å². The topological polar surface area (TPSA) is 29.3 Å². The lowest BCUT2D eigenvalue weighted by molar-refractivity contribution is 0.309. The second-order valence-corrected chi connectivity index (χ2v) is 4.44. The summed E-state index contributed by atoms with van der Waals surface area (Å²) >= 11 is 0. The summed E-state index contributed by atoms with van der Waals surface area (Å²) in [4.78, 5) is 2.64. The maximum Gasteiger partial charge on any atom is 0.00107 e. The van der Waals surface area contributed by atoms with Crippen LogP contribution in [0.3, 0.4) is 0 Å². The Balaban J connectivity index is 1.66. The van der Waals surface area contributed by atoms with E-state index in [9.17, 15) is 0 Å². The summed E-state index contributed by atoms with van der Waals surface area (Å²) in [6, 6.07) is 0. The molecule has 2 heteroatoms. The van der Waals surface area contributed by atoms with Crippen LogP contribution in [0.4, 0.5) is 0 Å². The van der Waals surface area contributed by atoms with Gasteiger partial charge < -0.3 is 10.6 Å². The van der Waals surface area contributed by atoms with Gasteiger partial charge in [-0.15, -0.1) is 0 Å². The average Bonchev–Trinajstić information content (AvgIpc) is 2.74. The van der Waals surface area contributed by atoms with Gasteiger partial charge >= 0.3 is 0 Å². The van der Waals surface area contributed by atoms with Crippen LogP contribution in [0.15, 0.2) is 0 Å². The first-order valence-electron chi connectivity index (χ1n) is 5.31. The van der Waals surface area contributed by atoms with Crippen molar-refractivity contribution in [1.82, 2.24) is 4.90 Å². The molecule has 1 saturated heterocycles. The van der Waals surface area contributed by atoms with Crippen molar-refractivity contribution in [1.29, 1.82) is 0 Å². The summed E-state index contributed by atoms with van der Waals surface area (Å²) < 4.78 is 0. The van der Waals surface area contributed by atoms with Gasteiger partial charge in [-0.25, -0.2) is 0 Å². The van der Waals surface area contributed by atoms with Crippen LogP contribution in [0.5, 0.6) is 0 Å². The average molecular weight is 168 g/mol. The van der Waals surface area contributed by atoms with E-state index in [4.69, 9.17) is 5.73 Å². The van der Waals surface area contributed by atoms with E-state index in [0.717, 1.165) is 18.4 Å². The molecular formula is C10H20N2. The molecule has 0 aromatic rings. The number of hydrogen-bond donors (Lipinski definition) is 1. The first-order chi connectivity index (χ1) is 5.88. The molecule has 0 radical (unpaired) electrons. The van der Waals surface area contributed by atoms with Gasteiger partial charge in [-0.1, -0.05) is 0 Å². The van der Waals surface area contributed by atoms with Crippen LogP contribution in [0, 0.1) is 11.8 Å². The van der Waals surface area contributed by atoms with Crippen molar-refractivity contribution in [2.75, 3.05) is 26.2 Å². The Morgan fingerprint density at radius 1 is 1.17 bits per heavy atom. The number of rotatable bonds is 4. The Morgan fingerprint density at radius 3 is 2.67 bits per heavy atom. The van der Waals surface area contributed by atoms with Gasteiger partial charge in [0.05, 0.1) is 0 Å². The standard InChI is InChI=1S/C10H20N2/c11-5-3-10-4-6-12(8-10)7-9-1-2-9/h9-10H,1-8,11H2. The van der Waals surface area contributed by atoms with Gasteiger partial charge in [0.25, 0.3) is 0 Å². The molecule has 0 aromatic heterocycles. The maximum absolute atomic E-state index is 5.55. The Hall–Kier alpha value is -0.0800. The van der Waals surface area contributed by atoms with Crippen molar-refractivity contribution in [3.8, 4) is 0 Å². The largest absolute Gasteiger partial charge is 0.330 e. The predicted octanol–water partition coefficient (Wildman–Crippen LogP) is 1.07. The monoisotopic (exact) mass is 168 g/mol. The van der Waals surface area contributed by atoms with Crippen LogP contribution in [0.2, 0.25) is 0 Å². The van der Waals surface area contributed by atoms with Crippen LogP contribution in [-0.4, -0.2) is 31.1 Å². The highest BCUT2D eigenvalue weighted by molar-refractivity contribution is 4.82. The molecule has 1 heterocycles. The molecule has 0 amide bonds. The fraction of sp³-hybridized carbons (Fsp3) is 1.00. The molecule has 12 heavy (non-hydrogen) atoms. The Bertz CT molecular complexity index is 143. The fourth-order valence-corrected chi connectivity index (χ4v) is 2.22. The molecule has 1 saturated carbocycles. The smallest absolute Gasteiger partial charge is 0.00107 e. The SMILES string of the molecule is NCCC1CCN(CC2CC2)C1. The van der Waals surface area contributed by atoms with Crippen LogP contribution in [0.25, 0.3) is 0 Å². The van der Waals surface area contributed by atoms with Crippen molar-refractivity contribution in [2.45, 2.75) is 25.7 Å². The molecule has 1 atom stereocenters. The molecule has 1 aliphatic carbocycles. The number of hydrogen-bond acceptors (Lipinski definition) is 2. The highest BCUT2D eigenvalue weighted by Crippen LogP contribution is 2.31. The minimum atomic E-state index is 0.877. The van der Waals surface area contributed by atoms with Crippen molar-refractivity contribution in [3.05, 3.63) is 0 Å². The second-order valence-electron chi connectivity index (χ2n) is 4.44. The third-order valence-corrected chi connectivity index (χ3v) is 3.16. The molecule has 1 aliphatic heterocycles. The molecule has 2 fully saturated rings. The minimum absolute atomic E-state index is 0.877. The second kappa shape index (κ2) is 3.75. The van der Waals surface area contributed by atoms with E-state index in [1.807, 2.05) is 0 Å². The molecule has 2 nitrogen and oxygen atoms in total. The third-order valence-electron chi connectivity index (χ3n) is 3.16. The van der Waals surface area contributed by atoms with E-state index >= 15 is 0 Å². The first-order valence-corrected chi connectivity index (χ1v) is 5.31. The van der Waals surface area contributed by atoms with E-state index in [0.29, 0.717) is 0 Å². The molecular weight excluding hydrogens is 148 g/mol. The lowest BCUT2D eigenvalue weighted by Crippen LogP contribution is -2.23. The number of likely N-dealkylation sites (tertiary alicyclic amines) is 1. The van der Waals surface area contributed by atoms with Crippen molar-refractivity contribution < 1.29 is 0 Å². The Labute approximate surface area is 75.1 Å². The predicted molar refractivity (Wildman–Crippen MR) is 50.9 cm³/mol. The first kappa shape index (κ1) is 8.52. The Morgan fingerprint density at radius 2 is 2.00 bits per heavy atom. The van der Waals surface area contributed by atoms with E-state index in [2.05, 4.69) is 4.90 Å². The third kappa shape index (κ3) is 2.20. The number of nitrogens with zero attached hydrogens (tertiary/aromatic N) is 1. The van der Waals surface area contributed by atoms with E-state index in [1.165, 1.54) is 45.3 Å². The molecule has 70 valence electrons. The normalized spacial score (nSPS) is 31.2. The van der Waals surface area contributed by atoms with Gasteiger partial charge in [0, 0.05) is 13.1 Å². The lowest BCUT2D eigenvalue weighted by Gasteiger charge is -2.14. The molecule has 0 bridgehead atoms. The van der Waals surface area contributed by atoms with Crippen LogP contribution in [-0.2, 0) is 0 Å². The zero-order valence-electron chi connectivity index (χ0n) is 7.84. The van der Waals surface area contributed by atoms with Gasteiger partial charge in [-0.3, -0.25) is 0 Å². The van der Waals surface area contributed by atoms with Gasteiger partial charge in [0.2, 0.25) is 0 Å². The summed E-state index contributed by atoms with van der Waals surface area (Å²) in [5.74, 6) is 1.97. The maximum atomic E-state index is 5.55. The van der Waals surface area contributed by atoms with Crippen LogP contribution < -0.4 is 5.73 Å². The van der Waals surface area contributed by atoms with Gasteiger partial charge in [0.1, 0.15) is 0 Å². The van der Waals surface area contributed by atoms with Crippen molar-refractivity contribution >= 4 is 0 Å². The zero-order valence-corrected chi connectivity index (χ0v) is 7.84. The molecule has 1 unspecified atom stereocenters. The molecule has 2 aliphatic rings. The molecule has 2 N–H and O–H groups in total. The summed E-state index contributed by atoms with van der Waals surface area (Å²) in [5.41, 5.74) is 5.55. The summed E-state index contributed by atoms with van der Waals surface area (Å²) in [7, 11) is 0. The Kier molecular flexibility index (Phi) is 2.66. The minimum Gasteiger partial charge on any atom is -0.330 e. The molecule has 2 rings (SSSR count). The zero-order chi connectivity index (χ0) is 8.39. The van der Waals surface area contributed by atoms with Crippen molar-refractivity contribution in [3.63, 3.8) is 0 Å². The summed E-state index contributed by atoms with van der Waals surface area (Å²) in [6.45, 7) is 4.91. The number of nitrogens with two attached hydrogens (primary N) is 1.